The van der Waals surface area contributed by atoms with E-state index in [9.17, 15) is 9.90 Å². The molecule has 10 heteroatoms. The highest BCUT2D eigenvalue weighted by molar-refractivity contribution is 6.31. The number of carbonyl (C=O) groups is 1. The fourth-order valence-electron chi connectivity index (χ4n) is 4.22. The van der Waals surface area contributed by atoms with Gasteiger partial charge in [0.25, 0.3) is 5.91 Å². The fourth-order valence-corrected chi connectivity index (χ4v) is 4.53. The van der Waals surface area contributed by atoms with Crippen LogP contribution in [0.5, 0.6) is 0 Å². The number of fused-ring (bicyclic) bond motifs is 3. The van der Waals surface area contributed by atoms with Crippen LogP contribution in [0.15, 0.2) is 55.1 Å². The Balaban J connectivity index is 1.60. The van der Waals surface area contributed by atoms with Crippen molar-refractivity contribution in [3.63, 3.8) is 0 Å². The van der Waals surface area contributed by atoms with E-state index in [2.05, 4.69) is 20.4 Å². The molecule has 0 radical (unpaired) electrons. The van der Waals surface area contributed by atoms with Gasteiger partial charge in [-0.05, 0) is 30.7 Å². The molecule has 0 fully saturated rings. The molecule has 5 rings (SSSR count). The second-order valence-electron chi connectivity index (χ2n) is 8.08. The maximum absolute atomic E-state index is 13.3. The summed E-state index contributed by atoms with van der Waals surface area (Å²) in [4.78, 5) is 22.1. The lowest BCUT2D eigenvalue weighted by atomic mass is 9.92. The van der Waals surface area contributed by atoms with E-state index in [0.717, 1.165) is 5.56 Å². The highest BCUT2D eigenvalue weighted by atomic mass is 35.5. The van der Waals surface area contributed by atoms with Gasteiger partial charge in [0, 0.05) is 41.6 Å². The van der Waals surface area contributed by atoms with E-state index in [1.807, 2.05) is 18.3 Å². The number of carbonyl (C=O) groups excluding carboxylic acids is 1. The number of aliphatic hydroxyl groups excluding tert-OH is 1. The van der Waals surface area contributed by atoms with Crippen molar-refractivity contribution >= 4 is 39.9 Å². The first-order valence-electron chi connectivity index (χ1n) is 11.7. The molecule has 4 aromatic rings. The number of rotatable bonds is 6. The van der Waals surface area contributed by atoms with Crippen molar-refractivity contribution in [3.05, 3.63) is 71.3 Å². The zero-order valence-electron chi connectivity index (χ0n) is 20.6. The molecule has 0 saturated carbocycles. The number of nitrogens with one attached hydrogen (secondary N) is 2. The number of aromatic nitrogens is 4. The lowest BCUT2D eigenvalue weighted by Crippen LogP contribution is -2.61. The smallest absolute Gasteiger partial charge is 0.252 e. The van der Waals surface area contributed by atoms with Gasteiger partial charge in [0.1, 0.15) is 11.2 Å². The molecule has 1 aliphatic heterocycles. The van der Waals surface area contributed by atoms with Crippen LogP contribution in [0.25, 0.3) is 11.0 Å². The third-order valence-corrected chi connectivity index (χ3v) is 6.24. The Kier molecular flexibility index (Phi) is 4.48. The lowest BCUT2D eigenvalue weighted by Gasteiger charge is -2.47. The number of aliphatic hydroxyl groups is 1. The van der Waals surface area contributed by atoms with Gasteiger partial charge in [-0.3, -0.25) is 9.48 Å². The minimum Gasteiger partial charge on any atom is -0.382 e. The SMILES string of the molecule is [2H]C([2H])([2H])OCC1(C)C(=O)Nc2cnc3[nH]ccc3c2N1C(O)c1ccc(Cn2cccn2)cc1Cl. The van der Waals surface area contributed by atoms with Crippen LogP contribution in [-0.2, 0) is 16.1 Å². The molecule has 0 saturated heterocycles. The van der Waals surface area contributed by atoms with E-state index in [4.69, 9.17) is 20.5 Å². The van der Waals surface area contributed by atoms with Gasteiger partial charge < -0.3 is 25.0 Å². The quantitative estimate of drug-likeness (QED) is 0.400. The molecule has 0 bridgehead atoms. The number of hydrogen-bond acceptors (Lipinski definition) is 6. The summed E-state index contributed by atoms with van der Waals surface area (Å²) in [5.41, 5.74) is 0.945. The van der Waals surface area contributed by atoms with Crippen LogP contribution in [-0.4, -0.2) is 49.9 Å². The number of pyridine rings is 1. The number of amides is 1. The normalized spacial score (nSPS) is 20.6. The minimum absolute atomic E-state index is 0.276. The lowest BCUT2D eigenvalue weighted by molar-refractivity contribution is -0.124. The van der Waals surface area contributed by atoms with Gasteiger partial charge in [-0.2, -0.15) is 5.10 Å². The molecule has 170 valence electrons. The van der Waals surface area contributed by atoms with Crippen LogP contribution in [0, 0.1) is 0 Å². The zero-order chi connectivity index (χ0) is 25.7. The second-order valence-corrected chi connectivity index (χ2v) is 8.49. The van der Waals surface area contributed by atoms with E-state index in [1.54, 1.807) is 35.3 Å². The van der Waals surface area contributed by atoms with Gasteiger partial charge in [-0.25, -0.2) is 4.98 Å². The molecule has 1 aromatic carbocycles. The molecule has 3 N–H and O–H groups in total. The van der Waals surface area contributed by atoms with E-state index >= 15 is 0 Å². The van der Waals surface area contributed by atoms with Crippen molar-refractivity contribution in [2.75, 3.05) is 23.9 Å². The Morgan fingerprint density at radius 3 is 3.03 bits per heavy atom. The zero-order valence-corrected chi connectivity index (χ0v) is 18.4. The Bertz CT molecular complexity index is 1420. The number of aromatic amines is 1. The molecule has 1 aliphatic rings. The maximum Gasteiger partial charge on any atom is 0.252 e. The molecule has 1 amide bonds. The largest absolute Gasteiger partial charge is 0.382 e. The summed E-state index contributed by atoms with van der Waals surface area (Å²) in [6.45, 7) is 1.48. The van der Waals surface area contributed by atoms with Crippen LogP contribution < -0.4 is 10.2 Å². The van der Waals surface area contributed by atoms with Crippen molar-refractivity contribution in [2.24, 2.45) is 0 Å². The molecule has 0 aliphatic carbocycles. The highest BCUT2D eigenvalue weighted by Crippen LogP contribution is 2.46. The number of hydrogen-bond donors (Lipinski definition) is 3. The van der Waals surface area contributed by atoms with Gasteiger partial charge >= 0.3 is 0 Å². The van der Waals surface area contributed by atoms with Crippen LogP contribution >= 0.6 is 11.6 Å². The Labute approximate surface area is 199 Å². The summed E-state index contributed by atoms with van der Waals surface area (Å²) in [6.07, 6.45) is 5.24. The molecular formula is C23H23ClN6O3. The molecule has 2 unspecified atom stereocenters. The number of H-pyrrole nitrogens is 1. The summed E-state index contributed by atoms with van der Waals surface area (Å²) < 4.78 is 29.3. The van der Waals surface area contributed by atoms with Crippen LogP contribution in [0.2, 0.25) is 5.02 Å². The van der Waals surface area contributed by atoms with Crippen molar-refractivity contribution in [2.45, 2.75) is 25.2 Å². The Morgan fingerprint density at radius 1 is 1.39 bits per heavy atom. The predicted molar refractivity (Wildman–Crippen MR) is 125 cm³/mol. The summed E-state index contributed by atoms with van der Waals surface area (Å²) in [5.74, 6) is -0.554. The van der Waals surface area contributed by atoms with E-state index in [1.165, 1.54) is 18.0 Å². The number of halogens is 1. The topological polar surface area (TPSA) is 108 Å². The fraction of sp³-hybridized carbons (Fsp3) is 0.261. The monoisotopic (exact) mass is 469 g/mol. The third kappa shape index (κ3) is 3.54. The number of methoxy groups -OCH3 is 1. The minimum atomic E-state index is -2.74. The summed E-state index contributed by atoms with van der Waals surface area (Å²) in [7, 11) is -2.74. The molecular weight excluding hydrogens is 444 g/mol. The second kappa shape index (κ2) is 8.18. The van der Waals surface area contributed by atoms with Crippen molar-refractivity contribution < 1.29 is 18.8 Å². The standard InChI is InChI=1S/C23H23ClN6O3/c1-23(13-33-2)22(32)28-18-11-26-20-16(6-8-25-20)19(18)30(23)21(31)15-5-4-14(10-17(15)24)12-29-9-3-7-27-29/h3-11,21,31H,12-13H2,1-2H3,(H,25,26)(H,28,32)/i2D3. The van der Waals surface area contributed by atoms with Crippen molar-refractivity contribution in [1.82, 2.24) is 19.7 Å². The Morgan fingerprint density at radius 2 is 2.27 bits per heavy atom. The average molecular weight is 470 g/mol. The van der Waals surface area contributed by atoms with Crippen molar-refractivity contribution in [3.8, 4) is 0 Å². The van der Waals surface area contributed by atoms with Crippen molar-refractivity contribution in [1.29, 1.82) is 0 Å². The van der Waals surface area contributed by atoms with Gasteiger partial charge in [-0.15, -0.1) is 0 Å². The predicted octanol–water partition coefficient (Wildman–Crippen LogP) is 3.32. The molecule has 2 atom stereocenters. The highest BCUT2D eigenvalue weighted by Gasteiger charge is 2.48. The number of anilines is 2. The average Bonchev–Trinajstić information content (AvgIpc) is 3.50. The molecule has 33 heavy (non-hydrogen) atoms. The van der Waals surface area contributed by atoms with Crippen LogP contribution in [0.3, 0.4) is 0 Å². The number of benzene rings is 1. The third-order valence-electron chi connectivity index (χ3n) is 5.91. The van der Waals surface area contributed by atoms with E-state index < -0.39 is 31.3 Å². The molecule has 0 spiro atoms. The first kappa shape index (κ1) is 18.1. The van der Waals surface area contributed by atoms with Gasteiger partial charge in [0.15, 0.2) is 6.23 Å². The number of ether oxygens (including phenoxy) is 1. The number of nitrogens with zero attached hydrogens (tertiary/aromatic N) is 4. The summed E-state index contributed by atoms with van der Waals surface area (Å²) in [6, 6.07) is 8.79. The first-order valence-corrected chi connectivity index (χ1v) is 10.6. The van der Waals surface area contributed by atoms with Gasteiger partial charge in [-0.1, -0.05) is 23.7 Å². The van der Waals surface area contributed by atoms with Gasteiger partial charge in [0.2, 0.25) is 0 Å². The molecule has 9 nitrogen and oxygen atoms in total. The summed E-state index contributed by atoms with van der Waals surface area (Å²) >= 11 is 6.63. The van der Waals surface area contributed by atoms with Gasteiger partial charge in [0.05, 0.1) is 34.8 Å². The maximum atomic E-state index is 13.3. The first-order chi connectivity index (χ1) is 17.1. The molecule has 4 heterocycles. The van der Waals surface area contributed by atoms with Crippen LogP contribution in [0.1, 0.15) is 28.4 Å². The summed E-state index contributed by atoms with van der Waals surface area (Å²) in [5, 5.41) is 19.6. The molecule has 3 aromatic heterocycles. The van der Waals surface area contributed by atoms with Crippen LogP contribution in [0.4, 0.5) is 11.4 Å². The Hall–Kier alpha value is -3.40. The van der Waals surface area contributed by atoms with E-state index in [0.29, 0.717) is 34.5 Å². The van der Waals surface area contributed by atoms with E-state index in [-0.39, 0.29) is 5.02 Å².